The number of carbonyl (C=O) groups is 1. The molecule has 31 heavy (non-hydrogen) atoms. The summed E-state index contributed by atoms with van der Waals surface area (Å²) in [4.78, 5) is 25.5. The molecule has 0 radical (unpaired) electrons. The topological polar surface area (TPSA) is 122 Å². The summed E-state index contributed by atoms with van der Waals surface area (Å²) >= 11 is 5.83. The number of benzene rings is 2. The number of halogens is 1. The van der Waals surface area contributed by atoms with Crippen LogP contribution in [-0.2, 0) is 14.8 Å². The Morgan fingerprint density at radius 2 is 1.87 bits per heavy atom. The number of sulfonamides is 1. The van der Waals surface area contributed by atoms with Crippen molar-refractivity contribution in [2.75, 3.05) is 50.6 Å². The number of carbonyl (C=O) groups excluding carboxylic acids is 1. The molecule has 1 fully saturated rings. The minimum absolute atomic E-state index is 0.0400. The third kappa shape index (κ3) is 4.96. The highest BCUT2D eigenvalue weighted by atomic mass is 35.5. The Balaban J connectivity index is 2.02. The van der Waals surface area contributed by atoms with Crippen molar-refractivity contribution in [1.82, 2.24) is 4.31 Å². The molecule has 166 valence electrons. The molecule has 1 heterocycles. The monoisotopic (exact) mass is 468 g/mol. The fourth-order valence-electron chi connectivity index (χ4n) is 3.08. The third-order valence-corrected chi connectivity index (χ3v) is 6.87. The van der Waals surface area contributed by atoms with Crippen LogP contribution in [0.3, 0.4) is 0 Å². The van der Waals surface area contributed by atoms with E-state index in [0.29, 0.717) is 32.0 Å². The smallest absolute Gasteiger partial charge is 0.289 e. The van der Waals surface area contributed by atoms with Crippen molar-refractivity contribution in [2.45, 2.75) is 4.90 Å². The predicted octanol–water partition coefficient (Wildman–Crippen LogP) is 2.59. The van der Waals surface area contributed by atoms with Gasteiger partial charge in [0, 0.05) is 44.6 Å². The molecule has 3 rings (SSSR count). The number of hydrogen-bond acceptors (Lipinski definition) is 7. The SMILES string of the molecule is CN(C)S(=O)(=O)c1ccc(N2CCOCC2)c(C(=O)Nc2ccc(Cl)c([N+](=O)[O-])c2)c1. The van der Waals surface area contributed by atoms with E-state index in [4.69, 9.17) is 16.3 Å². The van der Waals surface area contributed by atoms with Gasteiger partial charge in [-0.05, 0) is 30.3 Å². The number of hydrogen-bond donors (Lipinski definition) is 1. The van der Waals surface area contributed by atoms with Gasteiger partial charge in [0.15, 0.2) is 0 Å². The number of nitro benzene ring substituents is 1. The average Bonchev–Trinajstić information content (AvgIpc) is 2.74. The van der Waals surface area contributed by atoms with Crippen LogP contribution in [-0.4, -0.2) is 64.0 Å². The van der Waals surface area contributed by atoms with E-state index >= 15 is 0 Å². The summed E-state index contributed by atoms with van der Waals surface area (Å²) in [6.07, 6.45) is 0. The Bertz CT molecular complexity index is 1120. The van der Waals surface area contributed by atoms with Gasteiger partial charge in [-0.15, -0.1) is 0 Å². The van der Waals surface area contributed by atoms with Crippen LogP contribution >= 0.6 is 11.6 Å². The molecule has 10 nitrogen and oxygen atoms in total. The van der Waals surface area contributed by atoms with Crippen LogP contribution in [0.2, 0.25) is 5.02 Å². The zero-order valence-corrected chi connectivity index (χ0v) is 18.4. The van der Waals surface area contributed by atoms with Crippen LogP contribution in [0.15, 0.2) is 41.3 Å². The molecule has 1 N–H and O–H groups in total. The summed E-state index contributed by atoms with van der Waals surface area (Å²) in [5, 5.41) is 13.7. The Morgan fingerprint density at radius 1 is 1.19 bits per heavy atom. The maximum absolute atomic E-state index is 13.1. The van der Waals surface area contributed by atoms with E-state index in [0.717, 1.165) is 10.4 Å². The second-order valence-corrected chi connectivity index (χ2v) is 9.50. The number of rotatable bonds is 6. The minimum Gasteiger partial charge on any atom is -0.378 e. The van der Waals surface area contributed by atoms with Gasteiger partial charge < -0.3 is 15.0 Å². The number of nitrogens with zero attached hydrogens (tertiary/aromatic N) is 3. The molecule has 0 bridgehead atoms. The normalized spacial score (nSPS) is 14.5. The molecule has 1 saturated heterocycles. The fraction of sp³-hybridized carbons (Fsp3) is 0.316. The second-order valence-electron chi connectivity index (χ2n) is 6.94. The van der Waals surface area contributed by atoms with Crippen LogP contribution in [0.4, 0.5) is 17.1 Å². The largest absolute Gasteiger partial charge is 0.378 e. The molecule has 0 saturated carbocycles. The summed E-state index contributed by atoms with van der Waals surface area (Å²) in [7, 11) is -0.972. The van der Waals surface area contributed by atoms with Crippen LogP contribution in [0.25, 0.3) is 0 Å². The first kappa shape index (κ1) is 22.9. The van der Waals surface area contributed by atoms with Crippen molar-refractivity contribution in [3.63, 3.8) is 0 Å². The van der Waals surface area contributed by atoms with Crippen LogP contribution < -0.4 is 10.2 Å². The highest BCUT2D eigenvalue weighted by molar-refractivity contribution is 7.89. The Hall–Kier alpha value is -2.73. The van der Waals surface area contributed by atoms with E-state index in [9.17, 15) is 23.3 Å². The summed E-state index contributed by atoms with van der Waals surface area (Å²) in [5.74, 6) is -0.603. The van der Waals surface area contributed by atoms with Gasteiger partial charge in [-0.1, -0.05) is 11.6 Å². The van der Waals surface area contributed by atoms with E-state index in [-0.39, 0.29) is 26.9 Å². The van der Waals surface area contributed by atoms with Gasteiger partial charge in [0.2, 0.25) is 10.0 Å². The molecule has 1 aliphatic heterocycles. The maximum atomic E-state index is 13.1. The highest BCUT2D eigenvalue weighted by Gasteiger charge is 2.25. The van der Waals surface area contributed by atoms with Crippen molar-refractivity contribution in [2.24, 2.45) is 0 Å². The Kier molecular flexibility index (Phi) is 6.80. The molecule has 1 aliphatic rings. The first-order valence-electron chi connectivity index (χ1n) is 9.26. The van der Waals surface area contributed by atoms with Crippen LogP contribution in [0.5, 0.6) is 0 Å². The summed E-state index contributed by atoms with van der Waals surface area (Å²) < 4.78 is 31.6. The average molecular weight is 469 g/mol. The van der Waals surface area contributed by atoms with Gasteiger partial charge in [0.05, 0.1) is 28.6 Å². The molecule has 2 aromatic rings. The number of morpholine rings is 1. The molecule has 0 unspecified atom stereocenters. The van der Waals surface area contributed by atoms with E-state index in [1.807, 2.05) is 4.90 Å². The molecule has 0 spiro atoms. The van der Waals surface area contributed by atoms with E-state index in [1.54, 1.807) is 6.07 Å². The predicted molar refractivity (Wildman–Crippen MR) is 116 cm³/mol. The first-order valence-corrected chi connectivity index (χ1v) is 11.1. The number of nitro groups is 1. The van der Waals surface area contributed by atoms with Crippen molar-refractivity contribution >= 4 is 44.6 Å². The lowest BCUT2D eigenvalue weighted by Crippen LogP contribution is -2.37. The lowest BCUT2D eigenvalue weighted by Gasteiger charge is -2.30. The van der Waals surface area contributed by atoms with Gasteiger partial charge in [0.1, 0.15) is 5.02 Å². The second kappa shape index (κ2) is 9.18. The lowest BCUT2D eigenvalue weighted by atomic mass is 10.1. The van der Waals surface area contributed by atoms with Crippen molar-refractivity contribution in [3.8, 4) is 0 Å². The highest BCUT2D eigenvalue weighted by Crippen LogP contribution is 2.30. The number of nitrogens with one attached hydrogen (secondary N) is 1. The Morgan fingerprint density at radius 3 is 2.48 bits per heavy atom. The van der Waals surface area contributed by atoms with Crippen LogP contribution in [0.1, 0.15) is 10.4 Å². The molecular weight excluding hydrogens is 448 g/mol. The minimum atomic E-state index is -3.77. The van der Waals surface area contributed by atoms with Gasteiger partial charge in [-0.3, -0.25) is 14.9 Å². The zero-order valence-electron chi connectivity index (χ0n) is 16.9. The van der Waals surface area contributed by atoms with E-state index in [1.165, 1.54) is 38.4 Å². The Labute approximate surface area is 184 Å². The molecular formula is C19H21ClN4O6S. The lowest BCUT2D eigenvalue weighted by molar-refractivity contribution is -0.384. The quantitative estimate of drug-likeness (QED) is 0.510. The zero-order chi connectivity index (χ0) is 22.8. The van der Waals surface area contributed by atoms with Crippen molar-refractivity contribution in [3.05, 3.63) is 57.1 Å². The summed E-state index contributed by atoms with van der Waals surface area (Å²) in [5.41, 5.74) is 0.483. The fourth-order valence-corrected chi connectivity index (χ4v) is 4.19. The van der Waals surface area contributed by atoms with Gasteiger partial charge >= 0.3 is 0 Å². The first-order chi connectivity index (χ1) is 14.6. The number of ether oxygens (including phenoxy) is 1. The van der Waals surface area contributed by atoms with E-state index in [2.05, 4.69) is 5.32 Å². The van der Waals surface area contributed by atoms with Crippen molar-refractivity contribution < 1.29 is 22.9 Å². The van der Waals surface area contributed by atoms with E-state index < -0.39 is 20.9 Å². The number of anilines is 2. The molecule has 2 aromatic carbocycles. The standard InChI is InChI=1S/C19H21ClN4O6S/c1-22(2)31(28,29)14-4-6-17(23-7-9-30-10-8-23)15(12-14)19(25)21-13-3-5-16(20)18(11-13)24(26)27/h3-6,11-12H,7-10H2,1-2H3,(H,21,25). The molecule has 1 amide bonds. The molecule has 12 heteroatoms. The summed E-state index contributed by atoms with van der Waals surface area (Å²) in [6, 6.07) is 8.23. The van der Waals surface area contributed by atoms with Crippen LogP contribution in [0, 0.1) is 10.1 Å². The van der Waals surface area contributed by atoms with Gasteiger partial charge in [0.25, 0.3) is 11.6 Å². The van der Waals surface area contributed by atoms with Crippen molar-refractivity contribution in [1.29, 1.82) is 0 Å². The molecule has 0 aromatic heterocycles. The van der Waals surface area contributed by atoms with Gasteiger partial charge in [-0.25, -0.2) is 12.7 Å². The summed E-state index contributed by atoms with van der Waals surface area (Å²) in [6.45, 7) is 2.02. The third-order valence-electron chi connectivity index (χ3n) is 4.74. The molecule has 0 atom stereocenters. The molecule has 0 aliphatic carbocycles. The number of amides is 1. The maximum Gasteiger partial charge on any atom is 0.289 e. The van der Waals surface area contributed by atoms with Gasteiger partial charge in [-0.2, -0.15) is 0 Å².